The van der Waals surface area contributed by atoms with E-state index in [9.17, 15) is 8.42 Å². The van der Waals surface area contributed by atoms with Crippen molar-refractivity contribution in [1.82, 2.24) is 19.6 Å². The highest BCUT2D eigenvalue weighted by Gasteiger charge is 2.19. The number of nitrogens with one attached hydrogen (secondary N) is 2. The minimum Gasteiger partial charge on any atom is -0.337 e. The zero-order chi connectivity index (χ0) is 13.2. The molecule has 0 aromatic carbocycles. The van der Waals surface area contributed by atoms with E-state index in [1.165, 1.54) is 6.20 Å². The number of rotatable bonds is 5. The van der Waals surface area contributed by atoms with Gasteiger partial charge in [0, 0.05) is 19.8 Å². The minimum atomic E-state index is -3.46. The maximum absolute atomic E-state index is 12.0. The van der Waals surface area contributed by atoms with E-state index in [-0.39, 0.29) is 5.03 Å². The summed E-state index contributed by atoms with van der Waals surface area (Å²) in [5, 5.41) is 3.37. The van der Waals surface area contributed by atoms with Crippen LogP contribution in [0, 0.1) is 12.8 Å². The van der Waals surface area contributed by atoms with Gasteiger partial charge in [0.1, 0.15) is 5.82 Å². The van der Waals surface area contributed by atoms with Crippen molar-refractivity contribution in [3.8, 4) is 0 Å². The molecule has 1 unspecified atom stereocenters. The molecule has 0 radical (unpaired) electrons. The van der Waals surface area contributed by atoms with E-state index >= 15 is 0 Å². The van der Waals surface area contributed by atoms with Crippen LogP contribution in [0.2, 0.25) is 0 Å². The van der Waals surface area contributed by atoms with Crippen LogP contribution in [0.1, 0.15) is 18.7 Å². The van der Waals surface area contributed by atoms with Crippen LogP contribution in [0.25, 0.3) is 0 Å². The van der Waals surface area contributed by atoms with E-state index < -0.39 is 10.0 Å². The molecule has 2 heterocycles. The summed E-state index contributed by atoms with van der Waals surface area (Å²) >= 11 is 0. The third-order valence-corrected chi connectivity index (χ3v) is 4.70. The molecule has 1 aliphatic rings. The molecule has 18 heavy (non-hydrogen) atoms. The van der Waals surface area contributed by atoms with Crippen LogP contribution in [-0.2, 0) is 17.1 Å². The van der Waals surface area contributed by atoms with Crippen molar-refractivity contribution in [2.45, 2.75) is 24.8 Å². The summed E-state index contributed by atoms with van der Waals surface area (Å²) in [5.74, 6) is 1.27. The smallest absolute Gasteiger partial charge is 0.259 e. The number of aromatic nitrogens is 2. The van der Waals surface area contributed by atoms with Crippen molar-refractivity contribution in [3.63, 3.8) is 0 Å². The Kier molecular flexibility index (Phi) is 4.04. The summed E-state index contributed by atoms with van der Waals surface area (Å²) in [6.45, 7) is 4.29. The van der Waals surface area contributed by atoms with Crippen LogP contribution >= 0.6 is 0 Å². The van der Waals surface area contributed by atoms with Crippen molar-refractivity contribution in [3.05, 3.63) is 12.0 Å². The molecule has 0 saturated carbocycles. The summed E-state index contributed by atoms with van der Waals surface area (Å²) in [7, 11) is -1.67. The first-order valence-corrected chi connectivity index (χ1v) is 7.68. The van der Waals surface area contributed by atoms with E-state index in [0.717, 1.165) is 25.9 Å². The number of nitrogens with zero attached hydrogens (tertiary/aromatic N) is 2. The average molecular weight is 272 g/mol. The Morgan fingerprint density at radius 1 is 1.61 bits per heavy atom. The first-order valence-electron chi connectivity index (χ1n) is 6.19. The quantitative estimate of drug-likeness (QED) is 0.791. The van der Waals surface area contributed by atoms with Crippen molar-refractivity contribution < 1.29 is 8.42 Å². The Balaban J connectivity index is 1.90. The van der Waals surface area contributed by atoms with E-state index in [1.54, 1.807) is 18.5 Å². The molecule has 2 N–H and O–H groups in total. The van der Waals surface area contributed by atoms with Crippen LogP contribution < -0.4 is 10.0 Å². The summed E-state index contributed by atoms with van der Waals surface area (Å²) in [5.41, 5.74) is 0. The summed E-state index contributed by atoms with van der Waals surface area (Å²) in [6, 6.07) is 0. The van der Waals surface area contributed by atoms with Crippen LogP contribution in [-0.4, -0.2) is 37.6 Å². The van der Waals surface area contributed by atoms with E-state index in [2.05, 4.69) is 15.0 Å². The molecule has 0 bridgehead atoms. The zero-order valence-corrected chi connectivity index (χ0v) is 11.6. The molecule has 0 amide bonds. The number of imidazole rings is 1. The fraction of sp³-hybridized carbons (Fsp3) is 0.727. The highest BCUT2D eigenvalue weighted by Crippen LogP contribution is 2.12. The lowest BCUT2D eigenvalue weighted by atomic mass is 10.1. The van der Waals surface area contributed by atoms with E-state index in [4.69, 9.17) is 0 Å². The summed E-state index contributed by atoms with van der Waals surface area (Å²) in [4.78, 5) is 4.03. The Labute approximate surface area is 108 Å². The zero-order valence-electron chi connectivity index (χ0n) is 10.8. The van der Waals surface area contributed by atoms with Crippen molar-refractivity contribution >= 4 is 10.0 Å². The lowest BCUT2D eigenvalue weighted by molar-refractivity contribution is 0.518. The largest absolute Gasteiger partial charge is 0.337 e. The van der Waals surface area contributed by atoms with Gasteiger partial charge in [0.15, 0.2) is 5.03 Å². The van der Waals surface area contributed by atoms with Crippen LogP contribution in [0.5, 0.6) is 0 Å². The third-order valence-electron chi connectivity index (χ3n) is 3.37. The summed E-state index contributed by atoms with van der Waals surface area (Å²) < 4.78 is 28.3. The monoisotopic (exact) mass is 272 g/mol. The molecule has 2 rings (SSSR count). The Morgan fingerprint density at radius 2 is 2.39 bits per heavy atom. The second-order valence-corrected chi connectivity index (χ2v) is 6.50. The van der Waals surface area contributed by atoms with Crippen molar-refractivity contribution in [2.24, 2.45) is 13.0 Å². The fourth-order valence-electron chi connectivity index (χ4n) is 2.09. The molecule has 0 spiro atoms. The van der Waals surface area contributed by atoms with E-state index in [0.29, 0.717) is 18.3 Å². The minimum absolute atomic E-state index is 0.104. The van der Waals surface area contributed by atoms with Gasteiger partial charge < -0.3 is 9.88 Å². The number of hydrogen-bond acceptors (Lipinski definition) is 4. The molecule has 6 nitrogen and oxygen atoms in total. The van der Waals surface area contributed by atoms with Gasteiger partial charge in [-0.1, -0.05) is 0 Å². The lowest BCUT2D eigenvalue weighted by Crippen LogP contribution is -2.27. The molecule has 102 valence electrons. The topological polar surface area (TPSA) is 76.0 Å². The number of sulfonamides is 1. The number of aryl methyl sites for hydroxylation is 2. The maximum atomic E-state index is 12.0. The predicted molar refractivity (Wildman–Crippen MR) is 68.7 cm³/mol. The normalized spacial score (nSPS) is 20.4. The van der Waals surface area contributed by atoms with Crippen LogP contribution in [0.3, 0.4) is 0 Å². The molecule has 1 aromatic heterocycles. The standard InChI is InChI=1S/C11H20N4O2S/c1-9-14-11(8-15(9)2)18(16,17)13-6-4-10-3-5-12-7-10/h8,10,12-13H,3-7H2,1-2H3. The van der Waals surface area contributed by atoms with Gasteiger partial charge in [-0.25, -0.2) is 18.1 Å². The fourth-order valence-corrected chi connectivity index (χ4v) is 3.17. The molecule has 1 aromatic rings. The van der Waals surface area contributed by atoms with Gasteiger partial charge in [0.25, 0.3) is 10.0 Å². The molecule has 1 atom stereocenters. The van der Waals surface area contributed by atoms with Gasteiger partial charge in [0.2, 0.25) is 0 Å². The number of hydrogen-bond donors (Lipinski definition) is 2. The SMILES string of the molecule is Cc1nc(S(=O)(=O)NCCC2CCNC2)cn1C. The van der Waals surface area contributed by atoms with Gasteiger partial charge in [-0.3, -0.25) is 0 Å². The van der Waals surface area contributed by atoms with Crippen LogP contribution in [0.15, 0.2) is 11.2 Å². The van der Waals surface area contributed by atoms with Crippen LogP contribution in [0.4, 0.5) is 0 Å². The molecule has 7 heteroatoms. The molecule has 1 fully saturated rings. The molecular formula is C11H20N4O2S. The Hall–Kier alpha value is -0.920. The van der Waals surface area contributed by atoms with Crippen molar-refractivity contribution in [1.29, 1.82) is 0 Å². The van der Waals surface area contributed by atoms with Gasteiger partial charge in [-0.05, 0) is 38.8 Å². The molecule has 1 aliphatic heterocycles. The van der Waals surface area contributed by atoms with Crippen molar-refractivity contribution in [2.75, 3.05) is 19.6 Å². The first kappa shape index (κ1) is 13.5. The Bertz CT molecular complexity index is 484. The lowest BCUT2D eigenvalue weighted by Gasteiger charge is -2.08. The second kappa shape index (κ2) is 5.38. The predicted octanol–water partition coefficient (Wildman–Crippen LogP) is 0.00642. The molecule has 0 aliphatic carbocycles. The Morgan fingerprint density at radius 3 is 2.94 bits per heavy atom. The highest BCUT2D eigenvalue weighted by molar-refractivity contribution is 7.89. The average Bonchev–Trinajstić information content (AvgIpc) is 2.90. The van der Waals surface area contributed by atoms with E-state index in [1.807, 2.05) is 0 Å². The first-order chi connectivity index (χ1) is 8.49. The third kappa shape index (κ3) is 3.09. The van der Waals surface area contributed by atoms with Gasteiger partial charge >= 0.3 is 0 Å². The summed E-state index contributed by atoms with van der Waals surface area (Å²) in [6.07, 6.45) is 3.54. The molecule has 1 saturated heterocycles. The van der Waals surface area contributed by atoms with Gasteiger partial charge in [-0.15, -0.1) is 0 Å². The van der Waals surface area contributed by atoms with Gasteiger partial charge in [0.05, 0.1) is 0 Å². The molecular weight excluding hydrogens is 252 g/mol. The second-order valence-electron chi connectivity index (χ2n) is 4.78. The highest BCUT2D eigenvalue weighted by atomic mass is 32.2. The van der Waals surface area contributed by atoms with Gasteiger partial charge in [-0.2, -0.15) is 0 Å². The maximum Gasteiger partial charge on any atom is 0.259 e.